The number of benzene rings is 2. The summed E-state index contributed by atoms with van der Waals surface area (Å²) in [6.07, 6.45) is 0. The van der Waals surface area contributed by atoms with Gasteiger partial charge in [-0.15, -0.1) is 0 Å². The second kappa shape index (κ2) is 7.46. The topological polar surface area (TPSA) is 95.5 Å². The first-order valence-electron chi connectivity index (χ1n) is 7.43. The summed E-state index contributed by atoms with van der Waals surface area (Å²) in [4.78, 5) is 12.3. The highest BCUT2D eigenvalue weighted by Crippen LogP contribution is 2.25. The molecule has 0 aliphatic rings. The molecular formula is C17H20N2O4S. The van der Waals surface area contributed by atoms with E-state index >= 15 is 0 Å². The molecule has 7 heteroatoms. The molecular weight excluding hydrogens is 328 g/mol. The number of carbonyl (C=O) groups is 1. The number of aryl methyl sites for hydroxylation is 1. The van der Waals surface area contributed by atoms with Gasteiger partial charge in [-0.1, -0.05) is 24.3 Å². The van der Waals surface area contributed by atoms with Crippen LogP contribution in [0.2, 0.25) is 0 Å². The maximum atomic E-state index is 12.3. The molecule has 0 spiro atoms. The van der Waals surface area contributed by atoms with Crippen molar-refractivity contribution in [2.45, 2.75) is 13.8 Å². The Labute approximate surface area is 141 Å². The van der Waals surface area contributed by atoms with Crippen molar-refractivity contribution in [3.8, 4) is 0 Å². The van der Waals surface area contributed by atoms with E-state index in [4.69, 9.17) is 4.55 Å². The lowest BCUT2D eigenvalue weighted by Crippen LogP contribution is -2.29. The van der Waals surface area contributed by atoms with Gasteiger partial charge >= 0.3 is 0 Å². The molecule has 0 aromatic heterocycles. The average molecular weight is 348 g/mol. The Morgan fingerprint density at radius 2 is 1.71 bits per heavy atom. The van der Waals surface area contributed by atoms with Crippen LogP contribution in [0.5, 0.6) is 0 Å². The molecule has 2 aromatic rings. The van der Waals surface area contributed by atoms with Crippen molar-refractivity contribution in [1.29, 1.82) is 0 Å². The van der Waals surface area contributed by atoms with Gasteiger partial charge in [0, 0.05) is 12.2 Å². The number of carbonyl (C=O) groups excluding carboxylic acids is 1. The quantitative estimate of drug-likeness (QED) is 0.698. The van der Waals surface area contributed by atoms with Crippen LogP contribution in [0, 0.1) is 13.8 Å². The summed E-state index contributed by atoms with van der Waals surface area (Å²) in [6.45, 7) is 3.84. The van der Waals surface area contributed by atoms with Gasteiger partial charge in [0.2, 0.25) is 0 Å². The van der Waals surface area contributed by atoms with Gasteiger partial charge in [-0.3, -0.25) is 9.35 Å². The average Bonchev–Trinajstić information content (AvgIpc) is 2.51. The molecule has 3 N–H and O–H groups in total. The second-order valence-electron chi connectivity index (χ2n) is 5.46. The normalized spacial score (nSPS) is 11.1. The predicted octanol–water partition coefficient (Wildman–Crippen LogP) is 2.66. The van der Waals surface area contributed by atoms with Crippen LogP contribution in [0.3, 0.4) is 0 Å². The highest BCUT2D eigenvalue weighted by atomic mass is 32.2. The summed E-state index contributed by atoms with van der Waals surface area (Å²) in [5, 5.41) is 5.73. The van der Waals surface area contributed by atoms with E-state index in [-0.39, 0.29) is 6.54 Å². The van der Waals surface area contributed by atoms with Gasteiger partial charge in [-0.25, -0.2) is 0 Å². The Morgan fingerprint density at radius 3 is 2.42 bits per heavy atom. The van der Waals surface area contributed by atoms with Gasteiger partial charge in [0.1, 0.15) is 0 Å². The molecule has 128 valence electrons. The number of rotatable bonds is 6. The molecule has 0 aliphatic carbocycles. The number of nitrogens with one attached hydrogen (secondary N) is 2. The highest BCUT2D eigenvalue weighted by Gasteiger charge is 2.13. The fourth-order valence-electron chi connectivity index (χ4n) is 2.21. The van der Waals surface area contributed by atoms with E-state index < -0.39 is 21.8 Å². The van der Waals surface area contributed by atoms with E-state index in [0.29, 0.717) is 11.3 Å². The number of hydrogen-bond donors (Lipinski definition) is 3. The van der Waals surface area contributed by atoms with Crippen molar-refractivity contribution in [2.24, 2.45) is 0 Å². The maximum absolute atomic E-state index is 12.3. The summed E-state index contributed by atoms with van der Waals surface area (Å²) >= 11 is 0. The maximum Gasteiger partial charge on any atom is 0.266 e. The van der Waals surface area contributed by atoms with Crippen molar-refractivity contribution >= 4 is 27.4 Å². The van der Waals surface area contributed by atoms with E-state index in [0.717, 1.165) is 16.8 Å². The van der Waals surface area contributed by atoms with Crippen molar-refractivity contribution < 1.29 is 17.8 Å². The van der Waals surface area contributed by atoms with E-state index in [1.165, 1.54) is 0 Å². The summed E-state index contributed by atoms with van der Waals surface area (Å²) in [5.74, 6) is -0.933. The van der Waals surface area contributed by atoms with Gasteiger partial charge in [0.05, 0.1) is 17.0 Å². The summed E-state index contributed by atoms with van der Waals surface area (Å²) in [7, 11) is -4.10. The first-order chi connectivity index (χ1) is 11.3. The van der Waals surface area contributed by atoms with Crippen LogP contribution in [0.4, 0.5) is 11.4 Å². The zero-order chi connectivity index (χ0) is 17.7. The van der Waals surface area contributed by atoms with Crippen molar-refractivity contribution in [3.05, 3.63) is 59.2 Å². The largest absolute Gasteiger partial charge is 0.355 e. The van der Waals surface area contributed by atoms with Crippen molar-refractivity contribution in [1.82, 2.24) is 5.32 Å². The van der Waals surface area contributed by atoms with Gasteiger partial charge in [0.15, 0.2) is 0 Å². The molecule has 1 amide bonds. The molecule has 0 saturated heterocycles. The van der Waals surface area contributed by atoms with Crippen LogP contribution < -0.4 is 10.6 Å². The third kappa shape index (κ3) is 4.81. The predicted molar refractivity (Wildman–Crippen MR) is 94.4 cm³/mol. The summed E-state index contributed by atoms with van der Waals surface area (Å²) in [5.41, 5.74) is 4.13. The monoisotopic (exact) mass is 348 g/mol. The fraction of sp³-hybridized carbons (Fsp3) is 0.235. The van der Waals surface area contributed by atoms with E-state index in [2.05, 4.69) is 10.6 Å². The lowest BCUT2D eigenvalue weighted by atomic mass is 10.1. The van der Waals surface area contributed by atoms with Crippen LogP contribution in [0.15, 0.2) is 42.5 Å². The Hall–Kier alpha value is -2.38. The molecule has 0 heterocycles. The van der Waals surface area contributed by atoms with Gasteiger partial charge in [-0.2, -0.15) is 8.42 Å². The SMILES string of the molecule is Cc1cccc(Nc2ccccc2C(=O)NCCS(=O)(=O)O)c1C. The first-order valence-corrected chi connectivity index (χ1v) is 9.04. The van der Waals surface area contributed by atoms with Crippen LogP contribution in [0.25, 0.3) is 0 Å². The van der Waals surface area contributed by atoms with Crippen LogP contribution >= 0.6 is 0 Å². The second-order valence-corrected chi connectivity index (χ2v) is 7.03. The molecule has 0 bridgehead atoms. The third-order valence-electron chi connectivity index (χ3n) is 3.69. The number of amides is 1. The first kappa shape index (κ1) is 18.0. The number of para-hydroxylation sites is 1. The molecule has 24 heavy (non-hydrogen) atoms. The molecule has 0 atom stereocenters. The number of hydrogen-bond acceptors (Lipinski definition) is 4. The zero-order valence-electron chi connectivity index (χ0n) is 13.5. The van der Waals surface area contributed by atoms with Gasteiger partial charge < -0.3 is 10.6 Å². The molecule has 0 fully saturated rings. The van der Waals surface area contributed by atoms with Crippen LogP contribution in [-0.4, -0.2) is 31.2 Å². The zero-order valence-corrected chi connectivity index (χ0v) is 14.4. The van der Waals surface area contributed by atoms with Crippen LogP contribution in [-0.2, 0) is 10.1 Å². The van der Waals surface area contributed by atoms with Crippen molar-refractivity contribution in [3.63, 3.8) is 0 Å². The van der Waals surface area contributed by atoms with E-state index in [1.54, 1.807) is 18.2 Å². The fourth-order valence-corrected chi connectivity index (χ4v) is 2.57. The summed E-state index contributed by atoms with van der Waals surface area (Å²) < 4.78 is 30.2. The van der Waals surface area contributed by atoms with Crippen molar-refractivity contribution in [2.75, 3.05) is 17.6 Å². The van der Waals surface area contributed by atoms with Gasteiger partial charge in [0.25, 0.3) is 16.0 Å². The third-order valence-corrected chi connectivity index (χ3v) is 4.41. The standard InChI is InChI=1S/C17H20N2O4S/c1-12-6-5-9-15(13(12)2)19-16-8-4-3-7-14(16)17(20)18-10-11-24(21,22)23/h3-9,19H,10-11H2,1-2H3,(H,18,20)(H,21,22,23). The molecule has 2 aromatic carbocycles. The van der Waals surface area contributed by atoms with E-state index in [1.807, 2.05) is 38.1 Å². The Kier molecular flexibility index (Phi) is 5.58. The molecule has 0 unspecified atom stereocenters. The molecule has 0 aliphatic heterocycles. The van der Waals surface area contributed by atoms with E-state index in [9.17, 15) is 13.2 Å². The molecule has 2 rings (SSSR count). The minimum Gasteiger partial charge on any atom is -0.355 e. The lowest BCUT2D eigenvalue weighted by Gasteiger charge is -2.15. The molecule has 6 nitrogen and oxygen atoms in total. The lowest BCUT2D eigenvalue weighted by molar-refractivity contribution is 0.0957. The Morgan fingerprint density at radius 1 is 1.04 bits per heavy atom. The minimum absolute atomic E-state index is 0.157. The molecule has 0 saturated carbocycles. The highest BCUT2D eigenvalue weighted by molar-refractivity contribution is 7.85. The van der Waals surface area contributed by atoms with Crippen LogP contribution in [0.1, 0.15) is 21.5 Å². The van der Waals surface area contributed by atoms with Gasteiger partial charge in [-0.05, 0) is 43.2 Å². The summed E-state index contributed by atoms with van der Waals surface area (Å²) in [6, 6.07) is 12.8. The minimum atomic E-state index is -4.10. The Balaban J connectivity index is 2.18. The molecule has 0 radical (unpaired) electrons. The smallest absolute Gasteiger partial charge is 0.266 e. The Bertz CT molecular complexity index is 847. The number of anilines is 2.